The van der Waals surface area contributed by atoms with Crippen LogP contribution in [0.5, 0.6) is 0 Å². The largest absolute Gasteiger partial charge is 0.394 e. The summed E-state index contributed by atoms with van der Waals surface area (Å²) < 4.78 is 1.80. The van der Waals surface area contributed by atoms with Crippen molar-refractivity contribution in [2.24, 2.45) is 0 Å². The molecule has 8 heteroatoms. The zero-order chi connectivity index (χ0) is 21.0. The molecule has 3 rings (SSSR count). The lowest BCUT2D eigenvalue weighted by Crippen LogP contribution is -2.45. The van der Waals surface area contributed by atoms with Crippen LogP contribution in [0.25, 0.3) is 16.9 Å². The number of hydrogen-bond acceptors (Lipinski definition) is 4. The van der Waals surface area contributed by atoms with Crippen LogP contribution in [0.1, 0.15) is 5.69 Å². The van der Waals surface area contributed by atoms with Gasteiger partial charge in [-0.3, -0.25) is 9.69 Å². The summed E-state index contributed by atoms with van der Waals surface area (Å²) in [4.78, 5) is 14.0. The molecule has 1 aromatic heterocycles. The molecule has 3 aromatic rings. The lowest BCUT2D eigenvalue weighted by atomic mass is 10.1. The number of aliphatic hydroxyl groups excluding tert-OH is 1. The first kappa shape index (κ1) is 21.3. The predicted octanol–water partition coefficient (Wildman–Crippen LogP) is 3.38. The molecule has 0 saturated carbocycles. The van der Waals surface area contributed by atoms with Gasteiger partial charge < -0.3 is 10.4 Å². The van der Waals surface area contributed by atoms with E-state index < -0.39 is 6.04 Å². The van der Waals surface area contributed by atoms with E-state index in [0.717, 1.165) is 16.9 Å². The van der Waals surface area contributed by atoms with Crippen molar-refractivity contribution in [1.82, 2.24) is 20.0 Å². The SMILES string of the molecule is CN(C)[C@@H](CO)C(=O)NCc1cc(-c2ccc(Cl)cc2)n(-c2ccc(Cl)cc2)n1. The molecule has 6 nitrogen and oxygen atoms in total. The summed E-state index contributed by atoms with van der Waals surface area (Å²) >= 11 is 12.0. The summed E-state index contributed by atoms with van der Waals surface area (Å²) in [6.45, 7) is -0.0155. The Hall–Kier alpha value is -2.38. The number of likely N-dealkylation sites (N-methyl/N-ethyl adjacent to an activating group) is 1. The van der Waals surface area contributed by atoms with Crippen LogP contribution in [0.3, 0.4) is 0 Å². The Morgan fingerprint density at radius 1 is 1.10 bits per heavy atom. The monoisotopic (exact) mass is 432 g/mol. The number of aliphatic hydroxyl groups is 1. The maximum absolute atomic E-state index is 12.3. The van der Waals surface area contributed by atoms with E-state index in [-0.39, 0.29) is 19.1 Å². The number of nitrogens with zero attached hydrogens (tertiary/aromatic N) is 3. The molecule has 1 heterocycles. The molecule has 0 spiro atoms. The molecule has 0 fully saturated rings. The maximum atomic E-state index is 12.3. The molecular formula is C21H22Cl2N4O2. The van der Waals surface area contributed by atoms with Crippen LogP contribution in [0, 0.1) is 0 Å². The fourth-order valence-corrected chi connectivity index (χ4v) is 3.15. The van der Waals surface area contributed by atoms with Crippen LogP contribution in [0.15, 0.2) is 54.6 Å². The van der Waals surface area contributed by atoms with Gasteiger partial charge in [-0.25, -0.2) is 4.68 Å². The number of benzene rings is 2. The number of carbonyl (C=O) groups excluding carboxylic acids is 1. The highest BCUT2D eigenvalue weighted by molar-refractivity contribution is 6.30. The number of amides is 1. The zero-order valence-corrected chi connectivity index (χ0v) is 17.7. The molecule has 0 unspecified atom stereocenters. The van der Waals surface area contributed by atoms with Crippen LogP contribution < -0.4 is 5.32 Å². The summed E-state index contributed by atoms with van der Waals surface area (Å²) in [6.07, 6.45) is 0. The van der Waals surface area contributed by atoms with Gasteiger partial charge in [0.25, 0.3) is 0 Å². The van der Waals surface area contributed by atoms with Gasteiger partial charge in [-0.2, -0.15) is 5.10 Å². The molecule has 29 heavy (non-hydrogen) atoms. The van der Waals surface area contributed by atoms with E-state index in [4.69, 9.17) is 23.2 Å². The summed E-state index contributed by atoms with van der Waals surface area (Å²) in [6, 6.07) is 16.1. The molecule has 0 aliphatic carbocycles. The van der Waals surface area contributed by atoms with Gasteiger partial charge in [0.15, 0.2) is 0 Å². The van der Waals surface area contributed by atoms with Crippen LogP contribution in [-0.4, -0.2) is 52.4 Å². The third-order valence-corrected chi connectivity index (χ3v) is 5.02. The molecule has 0 bridgehead atoms. The highest BCUT2D eigenvalue weighted by Crippen LogP contribution is 2.26. The molecule has 0 aliphatic rings. The van der Waals surface area contributed by atoms with Crippen molar-refractivity contribution in [3.8, 4) is 16.9 Å². The molecular weight excluding hydrogens is 411 g/mol. The lowest BCUT2D eigenvalue weighted by molar-refractivity contribution is -0.127. The van der Waals surface area contributed by atoms with Crippen LogP contribution in [0.2, 0.25) is 10.0 Å². The van der Waals surface area contributed by atoms with Crippen molar-refractivity contribution in [3.63, 3.8) is 0 Å². The average Bonchev–Trinajstić information content (AvgIpc) is 3.12. The molecule has 0 radical (unpaired) electrons. The lowest BCUT2D eigenvalue weighted by Gasteiger charge is -2.20. The topological polar surface area (TPSA) is 70.4 Å². The number of halogens is 2. The van der Waals surface area contributed by atoms with E-state index in [0.29, 0.717) is 15.7 Å². The van der Waals surface area contributed by atoms with Crippen molar-refractivity contribution in [2.75, 3.05) is 20.7 Å². The third-order valence-electron chi connectivity index (χ3n) is 4.51. The minimum atomic E-state index is -0.607. The number of nitrogens with one attached hydrogen (secondary N) is 1. The van der Waals surface area contributed by atoms with Gasteiger partial charge in [0.2, 0.25) is 5.91 Å². The van der Waals surface area contributed by atoms with Gasteiger partial charge in [0, 0.05) is 15.6 Å². The Labute approximate surface area is 179 Å². The standard InChI is InChI=1S/C21H22Cl2N4O2/c1-26(2)20(13-28)21(29)24-12-17-11-19(14-3-5-15(22)6-4-14)27(25-17)18-9-7-16(23)8-10-18/h3-11,20,28H,12-13H2,1-2H3,(H,24,29)/t20-/m0/s1. The summed E-state index contributed by atoms with van der Waals surface area (Å²) in [5, 5.41) is 18.2. The zero-order valence-electron chi connectivity index (χ0n) is 16.1. The Morgan fingerprint density at radius 2 is 1.69 bits per heavy atom. The van der Waals surface area contributed by atoms with Gasteiger partial charge in [-0.05, 0) is 56.6 Å². The molecule has 0 saturated heterocycles. The van der Waals surface area contributed by atoms with Gasteiger partial charge in [0.1, 0.15) is 6.04 Å². The van der Waals surface area contributed by atoms with E-state index in [1.165, 1.54) is 0 Å². The van der Waals surface area contributed by atoms with E-state index in [1.54, 1.807) is 35.8 Å². The average molecular weight is 433 g/mol. The van der Waals surface area contributed by atoms with Crippen molar-refractivity contribution in [3.05, 3.63) is 70.3 Å². The second kappa shape index (κ2) is 9.41. The van der Waals surface area contributed by atoms with Gasteiger partial charge in [0.05, 0.1) is 30.2 Å². The minimum Gasteiger partial charge on any atom is -0.394 e. The van der Waals surface area contributed by atoms with Gasteiger partial charge in [-0.1, -0.05) is 35.3 Å². The Kier molecular flexibility index (Phi) is 6.92. The van der Waals surface area contributed by atoms with Crippen LogP contribution in [0.4, 0.5) is 0 Å². The highest BCUT2D eigenvalue weighted by atomic mass is 35.5. The first-order chi connectivity index (χ1) is 13.9. The second-order valence-electron chi connectivity index (χ2n) is 6.80. The maximum Gasteiger partial charge on any atom is 0.240 e. The van der Waals surface area contributed by atoms with Crippen molar-refractivity contribution < 1.29 is 9.90 Å². The summed E-state index contributed by atoms with van der Waals surface area (Å²) in [7, 11) is 3.49. The van der Waals surface area contributed by atoms with Crippen molar-refractivity contribution in [1.29, 1.82) is 0 Å². The number of carbonyl (C=O) groups is 1. The Balaban J connectivity index is 1.91. The van der Waals surface area contributed by atoms with Crippen LogP contribution in [-0.2, 0) is 11.3 Å². The van der Waals surface area contributed by atoms with Crippen molar-refractivity contribution in [2.45, 2.75) is 12.6 Å². The summed E-state index contributed by atoms with van der Waals surface area (Å²) in [5.74, 6) is -0.258. The second-order valence-corrected chi connectivity index (χ2v) is 7.67. The first-order valence-electron chi connectivity index (χ1n) is 9.05. The summed E-state index contributed by atoms with van der Waals surface area (Å²) in [5.41, 5.74) is 3.34. The third kappa shape index (κ3) is 5.16. The molecule has 0 aliphatic heterocycles. The molecule has 2 aromatic carbocycles. The normalized spacial score (nSPS) is 12.2. The van der Waals surface area contributed by atoms with Gasteiger partial charge >= 0.3 is 0 Å². The molecule has 1 atom stereocenters. The molecule has 152 valence electrons. The fraction of sp³-hybridized carbons (Fsp3) is 0.238. The van der Waals surface area contributed by atoms with Gasteiger partial charge in [-0.15, -0.1) is 0 Å². The number of rotatable bonds is 7. The predicted molar refractivity (Wildman–Crippen MR) is 115 cm³/mol. The number of aromatic nitrogens is 2. The highest BCUT2D eigenvalue weighted by Gasteiger charge is 2.20. The Bertz CT molecular complexity index is 906. The van der Waals surface area contributed by atoms with E-state index in [1.807, 2.05) is 42.5 Å². The van der Waals surface area contributed by atoms with E-state index >= 15 is 0 Å². The smallest absolute Gasteiger partial charge is 0.240 e. The fourth-order valence-electron chi connectivity index (χ4n) is 2.90. The minimum absolute atomic E-state index is 0.240. The Morgan fingerprint density at radius 3 is 2.24 bits per heavy atom. The first-order valence-corrected chi connectivity index (χ1v) is 9.80. The molecule has 2 N–H and O–H groups in total. The van der Waals surface area contributed by atoms with Crippen molar-refractivity contribution >= 4 is 29.1 Å². The van der Waals surface area contributed by atoms with E-state index in [2.05, 4.69) is 10.4 Å². The van der Waals surface area contributed by atoms with Crippen LogP contribution >= 0.6 is 23.2 Å². The molecule has 1 amide bonds. The number of hydrogen-bond donors (Lipinski definition) is 2. The van der Waals surface area contributed by atoms with E-state index in [9.17, 15) is 9.90 Å². The quantitative estimate of drug-likeness (QED) is 0.600.